The largest absolute Gasteiger partial charge is 0.312 e. The first kappa shape index (κ1) is 16.2. The number of hydrogen-bond acceptors (Lipinski definition) is 5. The first-order valence-electron chi connectivity index (χ1n) is 8.57. The molecule has 3 aromatic heterocycles. The third kappa shape index (κ3) is 2.64. The zero-order valence-corrected chi connectivity index (χ0v) is 16.4. The van der Waals surface area contributed by atoms with Gasteiger partial charge >= 0.3 is 0 Å². The Morgan fingerprint density at radius 3 is 2.67 bits per heavy atom. The van der Waals surface area contributed by atoms with Gasteiger partial charge in [-0.05, 0) is 13.8 Å². The van der Waals surface area contributed by atoms with Crippen LogP contribution >= 0.6 is 16.1 Å². The molecule has 0 aliphatic carbocycles. The fraction of sp³-hybridized carbons (Fsp3) is 0.158. The Morgan fingerprint density at radius 1 is 1.07 bits per heavy atom. The number of rotatable bonds is 2. The summed E-state index contributed by atoms with van der Waals surface area (Å²) in [6.07, 6.45) is 5.86. The van der Waals surface area contributed by atoms with Crippen LogP contribution in [0.1, 0.15) is 23.0 Å². The Labute approximate surface area is 164 Å². The number of nitrogens with zero attached hydrogens (tertiary/aromatic N) is 7. The lowest BCUT2D eigenvalue weighted by molar-refractivity contribution is 0.500. The number of fused-ring (bicyclic) bond motifs is 2. The summed E-state index contributed by atoms with van der Waals surface area (Å²) in [5, 5.41) is 4.67. The van der Waals surface area contributed by atoms with Crippen molar-refractivity contribution in [3.63, 3.8) is 0 Å². The molecular weight excluding hydrogens is 406 g/mol. The van der Waals surface area contributed by atoms with Gasteiger partial charge in [0.1, 0.15) is 12.5 Å². The summed E-state index contributed by atoms with van der Waals surface area (Å²) in [5.41, 5.74) is 5.48. The monoisotopic (exact) mass is 421 g/mol. The Morgan fingerprint density at radius 2 is 1.89 bits per heavy atom. The van der Waals surface area contributed by atoms with Crippen LogP contribution in [-0.4, -0.2) is 33.1 Å². The quantitative estimate of drug-likeness (QED) is 0.461. The molecule has 134 valence electrons. The van der Waals surface area contributed by atoms with Crippen LogP contribution in [0.4, 0.5) is 0 Å². The number of aryl methyl sites for hydroxylation is 2. The number of benzene rings is 1. The SMILES string of the molecule is Cc1ncc(C)n2nc(C3=Cc4nc(-c5ccccc5)cn4CN3Br)nc12. The highest BCUT2D eigenvalue weighted by molar-refractivity contribution is 9.07. The number of halogens is 1. The molecule has 7 nitrogen and oxygen atoms in total. The van der Waals surface area contributed by atoms with Gasteiger partial charge in [0.05, 0.1) is 38.9 Å². The lowest BCUT2D eigenvalue weighted by Crippen LogP contribution is -2.20. The molecule has 0 unspecified atom stereocenters. The first-order chi connectivity index (χ1) is 13.1. The van der Waals surface area contributed by atoms with Crippen LogP contribution < -0.4 is 0 Å². The number of aromatic nitrogens is 6. The van der Waals surface area contributed by atoms with Gasteiger partial charge in [-0.3, -0.25) is 8.91 Å². The molecule has 4 heterocycles. The molecule has 4 aromatic rings. The van der Waals surface area contributed by atoms with Crippen LogP contribution in [0.25, 0.3) is 28.7 Å². The van der Waals surface area contributed by atoms with Crippen molar-refractivity contribution in [1.29, 1.82) is 0 Å². The van der Waals surface area contributed by atoms with E-state index in [4.69, 9.17) is 9.97 Å². The molecule has 0 saturated carbocycles. The fourth-order valence-corrected chi connectivity index (χ4v) is 3.69. The maximum Gasteiger partial charge on any atom is 0.199 e. The van der Waals surface area contributed by atoms with E-state index in [0.29, 0.717) is 12.5 Å². The van der Waals surface area contributed by atoms with E-state index in [2.05, 4.69) is 49.1 Å². The van der Waals surface area contributed by atoms with Crippen molar-refractivity contribution in [3.05, 3.63) is 65.8 Å². The third-order valence-electron chi connectivity index (χ3n) is 4.62. The highest BCUT2D eigenvalue weighted by atomic mass is 79.9. The Balaban J connectivity index is 1.61. The minimum Gasteiger partial charge on any atom is -0.312 e. The van der Waals surface area contributed by atoms with Crippen molar-refractivity contribution >= 4 is 33.6 Å². The molecule has 0 radical (unpaired) electrons. The summed E-state index contributed by atoms with van der Waals surface area (Å²) in [7, 11) is 0. The average molecular weight is 422 g/mol. The molecule has 1 aliphatic rings. The predicted octanol–water partition coefficient (Wildman–Crippen LogP) is 3.69. The summed E-state index contributed by atoms with van der Waals surface area (Å²) in [4.78, 5) is 13.9. The molecular formula is C19H16BrN7. The van der Waals surface area contributed by atoms with E-state index in [0.717, 1.165) is 39.8 Å². The predicted molar refractivity (Wildman–Crippen MR) is 107 cm³/mol. The minimum absolute atomic E-state index is 0.618. The second kappa shape index (κ2) is 6.02. The zero-order valence-electron chi connectivity index (χ0n) is 14.8. The maximum atomic E-state index is 4.78. The molecule has 0 bridgehead atoms. The van der Waals surface area contributed by atoms with E-state index in [1.54, 1.807) is 6.20 Å². The van der Waals surface area contributed by atoms with Crippen LogP contribution in [0.3, 0.4) is 0 Å². The first-order valence-corrected chi connectivity index (χ1v) is 9.28. The van der Waals surface area contributed by atoms with Gasteiger partial charge in [0.2, 0.25) is 0 Å². The van der Waals surface area contributed by atoms with Crippen molar-refractivity contribution < 1.29 is 0 Å². The molecule has 8 heteroatoms. The second-order valence-corrected chi connectivity index (χ2v) is 7.37. The van der Waals surface area contributed by atoms with Gasteiger partial charge in [-0.25, -0.2) is 14.5 Å². The van der Waals surface area contributed by atoms with Crippen LogP contribution in [-0.2, 0) is 6.67 Å². The molecule has 1 aromatic carbocycles. The van der Waals surface area contributed by atoms with Gasteiger partial charge in [0.25, 0.3) is 0 Å². The molecule has 27 heavy (non-hydrogen) atoms. The van der Waals surface area contributed by atoms with Crippen LogP contribution in [0.5, 0.6) is 0 Å². The van der Waals surface area contributed by atoms with E-state index in [9.17, 15) is 0 Å². The summed E-state index contributed by atoms with van der Waals surface area (Å²) in [5.74, 6) is 1.52. The minimum atomic E-state index is 0.618. The topological polar surface area (TPSA) is 64.1 Å². The molecule has 0 atom stereocenters. The van der Waals surface area contributed by atoms with Gasteiger partial charge in [0, 0.05) is 24.0 Å². The molecule has 0 fully saturated rings. The number of imidazole rings is 1. The van der Waals surface area contributed by atoms with Gasteiger partial charge in [-0.1, -0.05) is 30.3 Å². The van der Waals surface area contributed by atoms with Crippen LogP contribution in [0, 0.1) is 13.8 Å². The van der Waals surface area contributed by atoms with E-state index < -0.39 is 0 Å². The maximum absolute atomic E-state index is 4.78. The van der Waals surface area contributed by atoms with Crippen molar-refractivity contribution in [1.82, 2.24) is 33.1 Å². The van der Waals surface area contributed by atoms with Gasteiger partial charge in [0.15, 0.2) is 11.5 Å². The van der Waals surface area contributed by atoms with Crippen molar-refractivity contribution in [2.45, 2.75) is 20.5 Å². The van der Waals surface area contributed by atoms with Crippen molar-refractivity contribution in [3.8, 4) is 11.3 Å². The summed E-state index contributed by atoms with van der Waals surface area (Å²) >= 11 is 3.63. The van der Waals surface area contributed by atoms with E-state index in [-0.39, 0.29) is 0 Å². The number of hydrogen-bond donors (Lipinski definition) is 0. The highest BCUT2D eigenvalue weighted by Crippen LogP contribution is 2.30. The van der Waals surface area contributed by atoms with Crippen LogP contribution in [0.15, 0.2) is 42.7 Å². The second-order valence-electron chi connectivity index (χ2n) is 6.51. The fourth-order valence-electron chi connectivity index (χ4n) is 3.19. The van der Waals surface area contributed by atoms with Gasteiger partial charge in [-0.15, -0.1) is 5.10 Å². The highest BCUT2D eigenvalue weighted by Gasteiger charge is 2.23. The van der Waals surface area contributed by atoms with Gasteiger partial charge < -0.3 is 4.57 Å². The molecule has 0 spiro atoms. The van der Waals surface area contributed by atoms with E-state index >= 15 is 0 Å². The standard InChI is InChI=1S/C19H16BrN7/c1-12-9-21-13(2)19-23-18(24-27(12)19)16-8-17-22-15(10-25(17)11-26(16)20)14-6-4-3-5-7-14/h3-10H,11H2,1-2H3. The third-order valence-corrected chi connectivity index (χ3v) is 5.23. The molecule has 0 N–H and O–H groups in total. The zero-order chi connectivity index (χ0) is 18.5. The summed E-state index contributed by atoms with van der Waals surface area (Å²) < 4.78 is 5.87. The normalized spacial score (nSPS) is 13.7. The Hall–Kier alpha value is -3.00. The van der Waals surface area contributed by atoms with Crippen LogP contribution in [0.2, 0.25) is 0 Å². The lowest BCUT2D eigenvalue weighted by atomic mass is 10.2. The molecule has 0 saturated heterocycles. The van der Waals surface area contributed by atoms with E-state index in [1.165, 1.54) is 0 Å². The Kier molecular flexibility index (Phi) is 3.61. The van der Waals surface area contributed by atoms with Gasteiger partial charge in [-0.2, -0.15) is 0 Å². The molecule has 1 aliphatic heterocycles. The molecule has 0 amide bonds. The Bertz CT molecular complexity index is 1150. The smallest absolute Gasteiger partial charge is 0.199 e. The average Bonchev–Trinajstić information content (AvgIpc) is 3.29. The lowest BCUT2D eigenvalue weighted by Gasteiger charge is -2.23. The van der Waals surface area contributed by atoms with E-state index in [1.807, 2.05) is 46.6 Å². The van der Waals surface area contributed by atoms with Crippen molar-refractivity contribution in [2.24, 2.45) is 0 Å². The summed E-state index contributed by atoms with van der Waals surface area (Å²) in [6.45, 7) is 4.53. The molecule has 5 rings (SSSR count). The van der Waals surface area contributed by atoms with Crippen molar-refractivity contribution in [2.75, 3.05) is 0 Å². The summed E-state index contributed by atoms with van der Waals surface area (Å²) in [6, 6.07) is 10.2.